The van der Waals surface area contributed by atoms with Crippen molar-refractivity contribution in [2.75, 3.05) is 39.6 Å². The van der Waals surface area contributed by atoms with Crippen molar-refractivity contribution in [3.8, 4) is 23.0 Å². The van der Waals surface area contributed by atoms with Gasteiger partial charge in [-0.1, -0.05) is 88.4 Å². The molecule has 0 fully saturated rings. The van der Waals surface area contributed by atoms with Crippen LogP contribution in [0.3, 0.4) is 0 Å². The first kappa shape index (κ1) is 43.6. The molecule has 6 nitrogen and oxygen atoms in total. The third kappa shape index (κ3) is 10.5. The molecule has 0 N–H and O–H groups in total. The molecule has 0 aliphatic heterocycles. The Balaban J connectivity index is 1.88. The minimum absolute atomic E-state index is 0.642. The van der Waals surface area contributed by atoms with Gasteiger partial charge >= 0.3 is 0 Å². The Morgan fingerprint density at radius 2 is 0.643 bits per heavy atom. The quantitative estimate of drug-likeness (QED) is 0.0824. The number of hydrogen-bond donors (Lipinski definition) is 0. The van der Waals surface area contributed by atoms with Gasteiger partial charge < -0.3 is 27.8 Å². The fourth-order valence-electron chi connectivity index (χ4n) is 7.83. The number of rotatable bonds is 18. The second kappa shape index (κ2) is 20.2. The molecule has 0 saturated carbocycles. The first-order valence-electron chi connectivity index (χ1n) is 21.3. The monoisotopic (exact) mass is 796 g/mol. The summed E-state index contributed by atoms with van der Waals surface area (Å²) in [6.07, 6.45) is 6.40. The topological polar surface area (TPSA) is 55.4 Å². The standard InChI is InChI=1S/C48H68O6Si2/c1-11-23-49-45-35-19-17-20-36(45)28-40-32-44(56(9,10)54-16-6)34-42(48(40)52-26-14-4)30-38-22-18-21-37(46(38)50-24-12-2)29-41-33-43(55(7,8)53-15-5)31-39(27-35)47(41)51-25-13-3/h17-22,31-34H,11-16,23-30H2,1-10H3. The van der Waals surface area contributed by atoms with Crippen molar-refractivity contribution in [3.05, 3.63) is 105 Å². The third-order valence-electron chi connectivity index (χ3n) is 10.6. The van der Waals surface area contributed by atoms with Gasteiger partial charge in [-0.2, -0.15) is 0 Å². The summed E-state index contributed by atoms with van der Waals surface area (Å²) in [7, 11) is -4.51. The van der Waals surface area contributed by atoms with Crippen molar-refractivity contribution >= 4 is 27.0 Å². The molecule has 304 valence electrons. The molecular formula is C48H68O6Si2. The molecule has 8 heteroatoms. The van der Waals surface area contributed by atoms with Gasteiger partial charge in [-0.15, -0.1) is 0 Å². The summed E-state index contributed by atoms with van der Waals surface area (Å²) in [6, 6.07) is 22.8. The van der Waals surface area contributed by atoms with Crippen molar-refractivity contribution in [1.29, 1.82) is 0 Å². The average Bonchev–Trinajstić information content (AvgIpc) is 3.16. The molecule has 1 aliphatic carbocycles. The predicted molar refractivity (Wildman–Crippen MR) is 238 cm³/mol. The Morgan fingerprint density at radius 3 is 0.875 bits per heavy atom. The van der Waals surface area contributed by atoms with E-state index in [0.29, 0.717) is 65.3 Å². The van der Waals surface area contributed by atoms with Crippen LogP contribution in [0.2, 0.25) is 26.2 Å². The largest absolute Gasteiger partial charge is 0.493 e. The minimum Gasteiger partial charge on any atom is -0.493 e. The van der Waals surface area contributed by atoms with Gasteiger partial charge in [-0.3, -0.25) is 0 Å². The smallest absolute Gasteiger partial charge is 0.218 e. The molecule has 56 heavy (non-hydrogen) atoms. The van der Waals surface area contributed by atoms with Crippen LogP contribution in [0, 0.1) is 0 Å². The summed E-state index contributed by atoms with van der Waals surface area (Å²) in [5.74, 6) is 3.87. The van der Waals surface area contributed by atoms with Crippen LogP contribution in [-0.4, -0.2) is 56.3 Å². The highest BCUT2D eigenvalue weighted by Crippen LogP contribution is 2.39. The maximum atomic E-state index is 6.80. The van der Waals surface area contributed by atoms with E-state index in [1.165, 1.54) is 32.6 Å². The summed E-state index contributed by atoms with van der Waals surface area (Å²) in [5, 5.41) is 2.55. The van der Waals surface area contributed by atoms with Crippen LogP contribution in [0.1, 0.15) is 112 Å². The summed E-state index contributed by atoms with van der Waals surface area (Å²) in [4.78, 5) is 0. The molecule has 0 spiro atoms. The Labute approximate surface area is 340 Å². The predicted octanol–water partition coefficient (Wildman–Crippen LogP) is 10.4. The molecule has 5 rings (SSSR count). The van der Waals surface area contributed by atoms with E-state index in [1.807, 2.05) is 0 Å². The van der Waals surface area contributed by atoms with Gasteiger partial charge in [0.05, 0.1) is 26.4 Å². The van der Waals surface area contributed by atoms with Crippen LogP contribution in [-0.2, 0) is 34.5 Å². The number of hydrogen-bond acceptors (Lipinski definition) is 6. The van der Waals surface area contributed by atoms with Crippen molar-refractivity contribution in [1.82, 2.24) is 0 Å². The Hall–Kier alpha value is -3.57. The van der Waals surface area contributed by atoms with Crippen LogP contribution in [0.5, 0.6) is 23.0 Å². The zero-order valence-electron chi connectivity index (χ0n) is 36.1. The maximum absolute atomic E-state index is 6.80. The van der Waals surface area contributed by atoms with Crippen LogP contribution in [0.25, 0.3) is 0 Å². The van der Waals surface area contributed by atoms with E-state index in [4.69, 9.17) is 27.8 Å². The average molecular weight is 797 g/mol. The number of ether oxygens (including phenoxy) is 4. The molecule has 4 aromatic carbocycles. The van der Waals surface area contributed by atoms with Crippen molar-refractivity contribution in [2.45, 2.75) is 119 Å². The SMILES string of the molecule is CCCOc1c2cccc1Cc1cc([Si](C)(C)OCC)cc(c1OCCC)Cc1cccc(c1OCCC)Cc1cc([Si](C)(C)OCC)cc(c1OCCC)C2. The molecule has 4 aromatic rings. The van der Waals surface area contributed by atoms with Gasteiger partial charge in [-0.05, 0) is 121 Å². The lowest BCUT2D eigenvalue weighted by molar-refractivity contribution is 0.304. The van der Waals surface area contributed by atoms with E-state index in [0.717, 1.165) is 70.9 Å². The molecule has 0 unspecified atom stereocenters. The zero-order valence-corrected chi connectivity index (χ0v) is 38.1. The fourth-order valence-corrected chi connectivity index (χ4v) is 11.7. The number of para-hydroxylation sites is 2. The lowest BCUT2D eigenvalue weighted by Crippen LogP contribution is -2.45. The summed E-state index contributed by atoms with van der Waals surface area (Å²) in [6.45, 7) is 26.1. The highest BCUT2D eigenvalue weighted by molar-refractivity contribution is 6.84. The van der Waals surface area contributed by atoms with Crippen molar-refractivity contribution in [3.63, 3.8) is 0 Å². The van der Waals surface area contributed by atoms with E-state index < -0.39 is 16.6 Å². The molecule has 0 saturated heterocycles. The third-order valence-corrected chi connectivity index (χ3v) is 15.9. The van der Waals surface area contributed by atoms with E-state index >= 15 is 0 Å². The van der Waals surface area contributed by atoms with Crippen LogP contribution in [0.15, 0.2) is 60.7 Å². The first-order valence-corrected chi connectivity index (χ1v) is 27.1. The second-order valence-electron chi connectivity index (χ2n) is 16.0. The van der Waals surface area contributed by atoms with E-state index in [2.05, 4.69) is 128 Å². The molecule has 8 bridgehead atoms. The molecule has 1 aliphatic rings. The van der Waals surface area contributed by atoms with Crippen LogP contribution >= 0.6 is 0 Å². The van der Waals surface area contributed by atoms with Crippen LogP contribution in [0.4, 0.5) is 0 Å². The highest BCUT2D eigenvalue weighted by Gasteiger charge is 2.31. The summed E-state index contributed by atoms with van der Waals surface area (Å²) < 4.78 is 40.2. The summed E-state index contributed by atoms with van der Waals surface area (Å²) >= 11 is 0. The molecule has 0 amide bonds. The Bertz CT molecular complexity index is 1670. The summed E-state index contributed by atoms with van der Waals surface area (Å²) in [5.41, 5.74) is 9.33. The number of fused-ring (bicyclic) bond motifs is 8. The fraction of sp³-hybridized carbons (Fsp3) is 0.500. The minimum atomic E-state index is -2.25. The Morgan fingerprint density at radius 1 is 0.393 bits per heavy atom. The maximum Gasteiger partial charge on any atom is 0.218 e. The van der Waals surface area contributed by atoms with E-state index in [-0.39, 0.29) is 0 Å². The second-order valence-corrected chi connectivity index (χ2v) is 23.8. The van der Waals surface area contributed by atoms with Crippen molar-refractivity contribution in [2.24, 2.45) is 0 Å². The molecule has 0 atom stereocenters. The van der Waals surface area contributed by atoms with E-state index in [9.17, 15) is 0 Å². The highest BCUT2D eigenvalue weighted by atomic mass is 28.4. The van der Waals surface area contributed by atoms with E-state index in [1.54, 1.807) is 0 Å². The van der Waals surface area contributed by atoms with Crippen molar-refractivity contribution < 1.29 is 27.8 Å². The molecule has 0 radical (unpaired) electrons. The molecule has 0 heterocycles. The lowest BCUT2D eigenvalue weighted by Gasteiger charge is -2.28. The zero-order chi connectivity index (χ0) is 40.3. The first-order chi connectivity index (χ1) is 27.0. The van der Waals surface area contributed by atoms with Gasteiger partial charge in [0.25, 0.3) is 0 Å². The normalized spacial score (nSPS) is 13.0. The van der Waals surface area contributed by atoms with Gasteiger partial charge in [0, 0.05) is 38.9 Å². The van der Waals surface area contributed by atoms with Gasteiger partial charge in [-0.25, -0.2) is 0 Å². The van der Waals surface area contributed by atoms with Gasteiger partial charge in [0.1, 0.15) is 23.0 Å². The van der Waals surface area contributed by atoms with Gasteiger partial charge in [0.15, 0.2) is 0 Å². The molecular weight excluding hydrogens is 729 g/mol. The molecule has 0 aromatic heterocycles. The van der Waals surface area contributed by atoms with Crippen LogP contribution < -0.4 is 29.3 Å². The Kier molecular flexibility index (Phi) is 15.7. The van der Waals surface area contributed by atoms with Gasteiger partial charge in [0.2, 0.25) is 16.6 Å². The number of benzene rings is 4. The lowest BCUT2D eigenvalue weighted by atomic mass is 9.91.